The van der Waals surface area contributed by atoms with Gasteiger partial charge in [-0.15, -0.1) is 0 Å². The Kier molecular flexibility index (Phi) is 4.24. The Bertz CT molecular complexity index is 876. The van der Waals surface area contributed by atoms with E-state index in [4.69, 9.17) is 10.5 Å². The fraction of sp³-hybridized carbons (Fsp3) is 0.0588. The van der Waals surface area contributed by atoms with Gasteiger partial charge in [0.05, 0.1) is 5.69 Å². The fourth-order valence-corrected chi connectivity index (χ4v) is 2.14. The number of hydrogen-bond acceptors (Lipinski definition) is 3. The van der Waals surface area contributed by atoms with Gasteiger partial charge in [-0.2, -0.15) is 5.10 Å². The summed E-state index contributed by atoms with van der Waals surface area (Å²) in [4.78, 5) is 10.9. The normalized spacial score (nSPS) is 10.6. The zero-order valence-corrected chi connectivity index (χ0v) is 12.4. The summed E-state index contributed by atoms with van der Waals surface area (Å²) in [6.45, 7) is -0.0474. The third-order valence-corrected chi connectivity index (χ3v) is 3.23. The smallest absolute Gasteiger partial charge is 0.239 e. The zero-order chi connectivity index (χ0) is 17.1. The molecule has 3 aromatic rings. The summed E-state index contributed by atoms with van der Waals surface area (Å²) in [5.41, 5.74) is 6.13. The maximum atomic E-state index is 14.2. The van der Waals surface area contributed by atoms with E-state index < -0.39 is 17.5 Å². The van der Waals surface area contributed by atoms with Gasteiger partial charge in [-0.05, 0) is 48.5 Å². The molecule has 0 radical (unpaired) electrons. The third-order valence-electron chi connectivity index (χ3n) is 3.23. The largest absolute Gasteiger partial charge is 0.454 e. The topological polar surface area (TPSA) is 70.1 Å². The minimum atomic E-state index is -0.582. The van der Waals surface area contributed by atoms with Crippen molar-refractivity contribution in [2.24, 2.45) is 5.73 Å². The molecule has 1 heterocycles. The number of ether oxygens (including phenoxy) is 1. The van der Waals surface area contributed by atoms with Gasteiger partial charge < -0.3 is 10.5 Å². The minimum Gasteiger partial charge on any atom is -0.454 e. The van der Waals surface area contributed by atoms with Crippen molar-refractivity contribution < 1.29 is 18.3 Å². The SMILES string of the molecule is NC(=O)Cn1ccc(-c2ccc(Oc3ccc(F)cc3)c(F)c2)n1. The molecule has 0 aliphatic heterocycles. The highest BCUT2D eigenvalue weighted by Crippen LogP contribution is 2.28. The number of aromatic nitrogens is 2. The lowest BCUT2D eigenvalue weighted by atomic mass is 10.1. The van der Waals surface area contributed by atoms with Gasteiger partial charge in [0, 0.05) is 11.8 Å². The van der Waals surface area contributed by atoms with E-state index in [1.807, 2.05) is 0 Å². The van der Waals surface area contributed by atoms with Gasteiger partial charge in [-0.3, -0.25) is 9.48 Å². The maximum absolute atomic E-state index is 14.2. The van der Waals surface area contributed by atoms with Gasteiger partial charge in [0.15, 0.2) is 11.6 Å². The number of hydrogen-bond donors (Lipinski definition) is 1. The summed E-state index contributed by atoms with van der Waals surface area (Å²) in [6.07, 6.45) is 1.58. The number of halogens is 2. The molecule has 0 fully saturated rings. The average Bonchev–Trinajstić information content (AvgIpc) is 2.99. The van der Waals surface area contributed by atoms with Crippen LogP contribution in [0.1, 0.15) is 0 Å². The van der Waals surface area contributed by atoms with E-state index >= 15 is 0 Å². The molecule has 1 aromatic heterocycles. The van der Waals surface area contributed by atoms with Crippen LogP contribution in [0.25, 0.3) is 11.3 Å². The highest BCUT2D eigenvalue weighted by Gasteiger charge is 2.10. The molecule has 122 valence electrons. The van der Waals surface area contributed by atoms with Gasteiger partial charge in [-0.25, -0.2) is 8.78 Å². The monoisotopic (exact) mass is 329 g/mol. The lowest BCUT2D eigenvalue weighted by molar-refractivity contribution is -0.118. The Hall–Kier alpha value is -3.22. The third kappa shape index (κ3) is 3.57. The average molecular weight is 329 g/mol. The molecule has 2 N–H and O–H groups in total. The van der Waals surface area contributed by atoms with Crippen molar-refractivity contribution in [1.82, 2.24) is 9.78 Å². The predicted octanol–water partition coefficient (Wildman–Crippen LogP) is 3.11. The van der Waals surface area contributed by atoms with Crippen LogP contribution in [0.5, 0.6) is 11.5 Å². The molecule has 0 saturated carbocycles. The molecule has 1 amide bonds. The number of rotatable bonds is 5. The summed E-state index contributed by atoms with van der Waals surface area (Å²) in [5.74, 6) is -1.15. The van der Waals surface area contributed by atoms with Crippen LogP contribution in [-0.4, -0.2) is 15.7 Å². The first-order valence-electron chi connectivity index (χ1n) is 7.06. The van der Waals surface area contributed by atoms with E-state index in [9.17, 15) is 13.6 Å². The van der Waals surface area contributed by atoms with E-state index in [2.05, 4.69) is 5.10 Å². The number of amides is 1. The van der Waals surface area contributed by atoms with E-state index in [0.29, 0.717) is 17.0 Å². The second kappa shape index (κ2) is 6.49. The molecule has 0 atom stereocenters. The molecule has 2 aromatic carbocycles. The summed E-state index contributed by atoms with van der Waals surface area (Å²) in [5, 5.41) is 4.15. The second-order valence-corrected chi connectivity index (χ2v) is 5.07. The lowest BCUT2D eigenvalue weighted by Crippen LogP contribution is -2.18. The summed E-state index contributed by atoms with van der Waals surface area (Å²) in [7, 11) is 0. The minimum absolute atomic E-state index is 0.0157. The van der Waals surface area contributed by atoms with Crippen LogP contribution in [0.2, 0.25) is 0 Å². The summed E-state index contributed by atoms with van der Waals surface area (Å²) < 4.78 is 33.8. The number of nitrogens with zero attached hydrogens (tertiary/aromatic N) is 2. The van der Waals surface area contributed by atoms with Crippen molar-refractivity contribution in [2.75, 3.05) is 0 Å². The number of carbonyl (C=O) groups excluding carboxylic acids is 1. The first-order chi connectivity index (χ1) is 11.5. The second-order valence-electron chi connectivity index (χ2n) is 5.07. The van der Waals surface area contributed by atoms with E-state index in [0.717, 1.165) is 0 Å². The van der Waals surface area contributed by atoms with Crippen molar-refractivity contribution in [2.45, 2.75) is 6.54 Å². The first-order valence-corrected chi connectivity index (χ1v) is 7.06. The molecule has 0 aliphatic rings. The number of benzene rings is 2. The van der Waals surface area contributed by atoms with Gasteiger partial charge in [-0.1, -0.05) is 0 Å². The molecule has 0 saturated heterocycles. The van der Waals surface area contributed by atoms with Crippen molar-refractivity contribution in [1.29, 1.82) is 0 Å². The van der Waals surface area contributed by atoms with Gasteiger partial charge in [0.2, 0.25) is 5.91 Å². The van der Waals surface area contributed by atoms with Crippen LogP contribution >= 0.6 is 0 Å². The molecule has 0 aliphatic carbocycles. The quantitative estimate of drug-likeness (QED) is 0.782. The van der Waals surface area contributed by atoms with Gasteiger partial charge in [0.1, 0.15) is 18.1 Å². The number of carbonyl (C=O) groups is 1. The molecule has 5 nitrogen and oxygen atoms in total. The molecule has 7 heteroatoms. The molecule has 0 unspecified atom stereocenters. The van der Waals surface area contributed by atoms with E-state index in [-0.39, 0.29) is 12.3 Å². The van der Waals surface area contributed by atoms with Crippen LogP contribution in [0.4, 0.5) is 8.78 Å². The van der Waals surface area contributed by atoms with Crippen LogP contribution in [0, 0.1) is 11.6 Å². The fourth-order valence-electron chi connectivity index (χ4n) is 2.14. The van der Waals surface area contributed by atoms with E-state index in [1.165, 1.54) is 41.1 Å². The van der Waals surface area contributed by atoms with E-state index in [1.54, 1.807) is 18.3 Å². The number of primary amides is 1. The summed E-state index contributed by atoms with van der Waals surface area (Å²) >= 11 is 0. The molecule has 24 heavy (non-hydrogen) atoms. The zero-order valence-electron chi connectivity index (χ0n) is 12.4. The van der Waals surface area contributed by atoms with Crippen molar-refractivity contribution in [3.05, 3.63) is 66.4 Å². The predicted molar refractivity (Wildman–Crippen MR) is 83.3 cm³/mol. The Morgan fingerprint density at radius 3 is 2.54 bits per heavy atom. The first kappa shape index (κ1) is 15.7. The van der Waals surface area contributed by atoms with Gasteiger partial charge >= 0.3 is 0 Å². The lowest BCUT2D eigenvalue weighted by Gasteiger charge is -2.07. The van der Waals surface area contributed by atoms with Crippen molar-refractivity contribution in [3.8, 4) is 22.8 Å². The Balaban J connectivity index is 1.80. The molecule has 3 rings (SSSR count). The molecular weight excluding hydrogens is 316 g/mol. The van der Waals surface area contributed by atoms with Gasteiger partial charge in [0.25, 0.3) is 0 Å². The standard InChI is InChI=1S/C17H13F2N3O2/c18-12-2-4-13(5-3-12)24-16-6-1-11(9-14(16)19)15-7-8-22(21-15)10-17(20)23/h1-9H,10H2,(H2,20,23). The maximum Gasteiger partial charge on any atom is 0.239 e. The highest BCUT2D eigenvalue weighted by atomic mass is 19.1. The van der Waals surface area contributed by atoms with Crippen molar-refractivity contribution >= 4 is 5.91 Å². The molecular formula is C17H13F2N3O2. The number of nitrogens with two attached hydrogens (primary N) is 1. The van der Waals surface area contributed by atoms with Crippen LogP contribution in [0.15, 0.2) is 54.7 Å². The van der Waals surface area contributed by atoms with Crippen LogP contribution in [-0.2, 0) is 11.3 Å². The Labute approximate surface area is 136 Å². The molecule has 0 bridgehead atoms. The van der Waals surface area contributed by atoms with Crippen molar-refractivity contribution in [3.63, 3.8) is 0 Å². The highest BCUT2D eigenvalue weighted by molar-refractivity contribution is 5.73. The molecule has 0 spiro atoms. The summed E-state index contributed by atoms with van der Waals surface area (Å²) in [6, 6.07) is 11.3. The Morgan fingerprint density at radius 1 is 1.12 bits per heavy atom. The van der Waals surface area contributed by atoms with Crippen LogP contribution in [0.3, 0.4) is 0 Å². The Morgan fingerprint density at radius 2 is 1.88 bits per heavy atom. The van der Waals surface area contributed by atoms with Crippen LogP contribution < -0.4 is 10.5 Å².